The van der Waals surface area contributed by atoms with E-state index in [1.165, 1.54) is 11.8 Å². The standard InChI is InChI=1S/C21H17ClN2O2S2/c22-15-6-8-16(9-7-15)26-11-3-10-24-13-14(17-4-1-2-5-18(17)24)12-19-20(25)23-21(27)28-19/h1-2,4-9,12-13H,3,10-11H2,(H,23,25,27). The molecule has 0 spiro atoms. The Morgan fingerprint density at radius 3 is 2.71 bits per heavy atom. The quantitative estimate of drug-likeness (QED) is 0.330. The van der Waals surface area contributed by atoms with Crippen molar-refractivity contribution in [3.63, 3.8) is 0 Å². The molecule has 0 atom stereocenters. The Labute approximate surface area is 177 Å². The smallest absolute Gasteiger partial charge is 0.263 e. The lowest BCUT2D eigenvalue weighted by Gasteiger charge is -2.08. The fourth-order valence-electron chi connectivity index (χ4n) is 3.09. The van der Waals surface area contributed by atoms with E-state index in [9.17, 15) is 4.79 Å². The van der Waals surface area contributed by atoms with E-state index >= 15 is 0 Å². The topological polar surface area (TPSA) is 43.3 Å². The SMILES string of the molecule is O=C1NC(=S)SC1=Cc1cn(CCCOc2ccc(Cl)cc2)c2ccccc12. The average Bonchev–Trinajstić information content (AvgIpc) is 3.20. The summed E-state index contributed by atoms with van der Waals surface area (Å²) in [6.45, 7) is 1.42. The summed E-state index contributed by atoms with van der Waals surface area (Å²) in [6, 6.07) is 15.6. The van der Waals surface area contributed by atoms with Crippen molar-refractivity contribution in [3.05, 3.63) is 70.2 Å². The number of rotatable bonds is 6. The highest BCUT2D eigenvalue weighted by Gasteiger charge is 2.22. The first-order valence-corrected chi connectivity index (χ1v) is 10.4. The highest BCUT2D eigenvalue weighted by molar-refractivity contribution is 8.26. The molecule has 28 heavy (non-hydrogen) atoms. The van der Waals surface area contributed by atoms with E-state index in [1.807, 2.05) is 42.5 Å². The molecule has 2 heterocycles. The molecule has 0 bridgehead atoms. The number of thioether (sulfide) groups is 1. The number of hydrogen-bond acceptors (Lipinski definition) is 4. The van der Waals surface area contributed by atoms with Gasteiger partial charge in [0.1, 0.15) is 10.1 Å². The third-order valence-corrected chi connectivity index (χ3v) is 5.79. The van der Waals surface area contributed by atoms with Gasteiger partial charge in [-0.25, -0.2) is 0 Å². The molecule has 1 aliphatic heterocycles. The molecule has 2 aromatic carbocycles. The maximum absolute atomic E-state index is 12.0. The number of carbonyl (C=O) groups excluding carboxylic acids is 1. The van der Waals surface area contributed by atoms with Crippen molar-refractivity contribution in [3.8, 4) is 5.75 Å². The number of nitrogens with zero attached hydrogens (tertiary/aromatic N) is 1. The van der Waals surface area contributed by atoms with Crippen LogP contribution in [0.2, 0.25) is 5.02 Å². The highest BCUT2D eigenvalue weighted by atomic mass is 35.5. The number of benzene rings is 2. The number of carbonyl (C=O) groups is 1. The fraction of sp³-hybridized carbons (Fsp3) is 0.143. The maximum atomic E-state index is 12.0. The van der Waals surface area contributed by atoms with Gasteiger partial charge in [0.25, 0.3) is 5.91 Å². The van der Waals surface area contributed by atoms with E-state index in [2.05, 4.69) is 28.2 Å². The van der Waals surface area contributed by atoms with E-state index in [-0.39, 0.29) is 5.91 Å². The summed E-state index contributed by atoms with van der Waals surface area (Å²) >= 11 is 12.3. The number of aromatic nitrogens is 1. The first-order chi connectivity index (χ1) is 13.6. The summed E-state index contributed by atoms with van der Waals surface area (Å²) in [5, 5.41) is 4.47. The zero-order chi connectivity index (χ0) is 19.5. The summed E-state index contributed by atoms with van der Waals surface area (Å²) in [4.78, 5) is 12.6. The van der Waals surface area contributed by atoms with Crippen molar-refractivity contribution in [2.75, 3.05) is 6.61 Å². The van der Waals surface area contributed by atoms with Crippen LogP contribution < -0.4 is 10.1 Å². The number of nitrogens with one attached hydrogen (secondary N) is 1. The van der Waals surface area contributed by atoms with Crippen LogP contribution in [0.1, 0.15) is 12.0 Å². The molecule has 1 fully saturated rings. The Morgan fingerprint density at radius 2 is 1.96 bits per heavy atom. The highest BCUT2D eigenvalue weighted by Crippen LogP contribution is 2.30. The minimum Gasteiger partial charge on any atom is -0.494 e. The van der Waals surface area contributed by atoms with Crippen LogP contribution in [0.5, 0.6) is 5.75 Å². The average molecular weight is 429 g/mol. The van der Waals surface area contributed by atoms with Gasteiger partial charge in [-0.1, -0.05) is 53.8 Å². The Morgan fingerprint density at radius 1 is 1.18 bits per heavy atom. The maximum Gasteiger partial charge on any atom is 0.263 e. The summed E-state index contributed by atoms with van der Waals surface area (Å²) < 4.78 is 8.48. The Bertz CT molecular complexity index is 1070. The van der Waals surface area contributed by atoms with Gasteiger partial charge in [0.2, 0.25) is 0 Å². The van der Waals surface area contributed by atoms with E-state index in [4.69, 9.17) is 28.6 Å². The summed E-state index contributed by atoms with van der Waals surface area (Å²) in [5.74, 6) is 0.677. The van der Waals surface area contributed by atoms with Crippen molar-refractivity contribution < 1.29 is 9.53 Å². The van der Waals surface area contributed by atoms with Crippen LogP contribution in [-0.4, -0.2) is 21.4 Å². The van der Waals surface area contributed by atoms with Crippen LogP contribution in [-0.2, 0) is 11.3 Å². The lowest BCUT2D eigenvalue weighted by Crippen LogP contribution is -2.17. The molecule has 7 heteroatoms. The van der Waals surface area contributed by atoms with Crippen LogP contribution in [0.3, 0.4) is 0 Å². The first-order valence-electron chi connectivity index (χ1n) is 8.81. The number of amides is 1. The number of aryl methyl sites for hydroxylation is 1. The Kier molecular flexibility index (Phi) is 5.71. The molecule has 3 aromatic rings. The van der Waals surface area contributed by atoms with Gasteiger partial charge in [0.15, 0.2) is 0 Å². The Hall–Kier alpha value is -2.28. The van der Waals surface area contributed by atoms with Gasteiger partial charge in [-0.05, 0) is 42.8 Å². The van der Waals surface area contributed by atoms with Crippen LogP contribution >= 0.6 is 35.6 Å². The summed E-state index contributed by atoms with van der Waals surface area (Å²) in [6.07, 6.45) is 4.84. The van der Waals surface area contributed by atoms with Crippen LogP contribution in [0, 0.1) is 0 Å². The van der Waals surface area contributed by atoms with Gasteiger partial charge in [0, 0.05) is 34.2 Å². The monoisotopic (exact) mass is 428 g/mol. The number of ether oxygens (including phenoxy) is 1. The number of hydrogen-bond donors (Lipinski definition) is 1. The normalized spacial score (nSPS) is 15.4. The molecular formula is C21H17ClN2O2S2. The van der Waals surface area contributed by atoms with Gasteiger partial charge in [-0.15, -0.1) is 0 Å². The number of para-hydroxylation sites is 1. The largest absolute Gasteiger partial charge is 0.494 e. The molecule has 0 radical (unpaired) electrons. The summed E-state index contributed by atoms with van der Waals surface area (Å²) in [7, 11) is 0. The van der Waals surface area contributed by atoms with Crippen molar-refractivity contribution in [2.24, 2.45) is 0 Å². The molecule has 4 rings (SSSR count). The minimum atomic E-state index is -0.136. The molecule has 0 saturated carbocycles. The zero-order valence-electron chi connectivity index (χ0n) is 14.9. The molecule has 0 aliphatic carbocycles. The van der Waals surface area contributed by atoms with E-state index in [0.29, 0.717) is 20.9 Å². The third-order valence-electron chi connectivity index (χ3n) is 4.37. The molecule has 0 unspecified atom stereocenters. The molecule has 1 saturated heterocycles. The molecule has 1 aliphatic rings. The van der Waals surface area contributed by atoms with Gasteiger partial charge >= 0.3 is 0 Å². The Balaban J connectivity index is 1.48. The summed E-state index contributed by atoms with van der Waals surface area (Å²) in [5.41, 5.74) is 2.14. The molecule has 1 N–H and O–H groups in total. The van der Waals surface area contributed by atoms with E-state index in [0.717, 1.165) is 35.2 Å². The van der Waals surface area contributed by atoms with Gasteiger partial charge in [0.05, 0.1) is 11.5 Å². The van der Waals surface area contributed by atoms with Crippen molar-refractivity contribution in [2.45, 2.75) is 13.0 Å². The van der Waals surface area contributed by atoms with Gasteiger partial charge in [-0.2, -0.15) is 0 Å². The lowest BCUT2D eigenvalue weighted by molar-refractivity contribution is -0.115. The second-order valence-electron chi connectivity index (χ2n) is 6.30. The molecule has 142 valence electrons. The first kappa shape index (κ1) is 19.1. The lowest BCUT2D eigenvalue weighted by atomic mass is 10.1. The third kappa shape index (κ3) is 4.24. The van der Waals surface area contributed by atoms with E-state index in [1.54, 1.807) is 0 Å². The van der Waals surface area contributed by atoms with Gasteiger partial charge in [-0.3, -0.25) is 4.79 Å². The predicted molar refractivity (Wildman–Crippen MR) is 120 cm³/mol. The van der Waals surface area contributed by atoms with Crippen molar-refractivity contribution >= 4 is 62.8 Å². The molecule has 1 aromatic heterocycles. The van der Waals surface area contributed by atoms with Crippen LogP contribution in [0.15, 0.2) is 59.6 Å². The zero-order valence-corrected chi connectivity index (χ0v) is 17.2. The predicted octanol–water partition coefficient (Wildman–Crippen LogP) is 5.25. The van der Waals surface area contributed by atoms with Crippen LogP contribution in [0.4, 0.5) is 0 Å². The number of halogens is 1. The van der Waals surface area contributed by atoms with Crippen molar-refractivity contribution in [1.29, 1.82) is 0 Å². The minimum absolute atomic E-state index is 0.136. The van der Waals surface area contributed by atoms with Crippen LogP contribution in [0.25, 0.3) is 17.0 Å². The number of fused-ring (bicyclic) bond motifs is 1. The van der Waals surface area contributed by atoms with Gasteiger partial charge < -0.3 is 14.6 Å². The van der Waals surface area contributed by atoms with E-state index < -0.39 is 0 Å². The number of thiocarbonyl (C=S) groups is 1. The fourth-order valence-corrected chi connectivity index (χ4v) is 4.25. The molecule has 4 nitrogen and oxygen atoms in total. The second-order valence-corrected chi connectivity index (χ2v) is 8.46. The molecular weight excluding hydrogens is 412 g/mol. The molecule has 1 amide bonds. The van der Waals surface area contributed by atoms with Crippen molar-refractivity contribution in [1.82, 2.24) is 9.88 Å². The second kappa shape index (κ2) is 8.39.